The number of amides is 2. The van der Waals surface area contributed by atoms with Crippen molar-refractivity contribution in [2.24, 2.45) is 0 Å². The largest absolute Gasteiger partial charge is 0.390 e. The SMILES string of the molecule is Cc1cccc2c1C(=Cc1[nH]c3c(c1C)C(=O)N(CC(O)CN1CCOCC1)CCC3)C(=O)N2. The lowest BCUT2D eigenvalue weighted by molar-refractivity contribution is -0.110. The number of H-pyrrole nitrogens is 1. The number of carbonyl (C=O) groups is 2. The summed E-state index contributed by atoms with van der Waals surface area (Å²) in [6.07, 6.45) is 2.83. The molecule has 2 amide bonds. The van der Waals surface area contributed by atoms with E-state index in [9.17, 15) is 14.7 Å². The minimum atomic E-state index is -0.605. The lowest BCUT2D eigenvalue weighted by Gasteiger charge is -2.31. The normalized spacial score (nSPS) is 20.8. The zero-order valence-electron chi connectivity index (χ0n) is 19.8. The van der Waals surface area contributed by atoms with Gasteiger partial charge in [0.2, 0.25) is 0 Å². The van der Waals surface area contributed by atoms with Crippen molar-refractivity contribution in [1.29, 1.82) is 0 Å². The van der Waals surface area contributed by atoms with Crippen molar-refractivity contribution in [3.05, 3.63) is 51.8 Å². The van der Waals surface area contributed by atoms with Gasteiger partial charge in [0.25, 0.3) is 11.8 Å². The Kier molecular flexibility index (Phi) is 6.29. The zero-order valence-corrected chi connectivity index (χ0v) is 19.8. The number of nitrogens with zero attached hydrogens (tertiary/aromatic N) is 2. The quantitative estimate of drug-likeness (QED) is 0.590. The number of hydrogen-bond donors (Lipinski definition) is 3. The summed E-state index contributed by atoms with van der Waals surface area (Å²) < 4.78 is 5.38. The van der Waals surface area contributed by atoms with E-state index in [-0.39, 0.29) is 11.8 Å². The molecular weight excluding hydrogens is 432 g/mol. The molecule has 5 rings (SSSR count). The molecule has 1 atom stereocenters. The Hall–Kier alpha value is -2.94. The van der Waals surface area contributed by atoms with Crippen LogP contribution < -0.4 is 5.32 Å². The van der Waals surface area contributed by atoms with E-state index in [0.717, 1.165) is 59.7 Å². The van der Waals surface area contributed by atoms with Crippen molar-refractivity contribution in [2.45, 2.75) is 32.8 Å². The van der Waals surface area contributed by atoms with Gasteiger partial charge in [-0.2, -0.15) is 0 Å². The summed E-state index contributed by atoms with van der Waals surface area (Å²) in [6.45, 7) is 8.37. The first-order valence-electron chi connectivity index (χ1n) is 12.0. The van der Waals surface area contributed by atoms with Gasteiger partial charge in [-0.25, -0.2) is 0 Å². The van der Waals surface area contributed by atoms with E-state index in [1.54, 1.807) is 4.90 Å². The Balaban J connectivity index is 1.38. The molecule has 0 radical (unpaired) electrons. The maximum Gasteiger partial charge on any atom is 0.256 e. The molecule has 8 nitrogen and oxygen atoms in total. The Labute approximate surface area is 199 Å². The molecule has 0 saturated carbocycles. The maximum atomic E-state index is 13.5. The minimum Gasteiger partial charge on any atom is -0.390 e. The number of hydrogen-bond acceptors (Lipinski definition) is 5. The summed E-state index contributed by atoms with van der Waals surface area (Å²) in [6, 6.07) is 5.83. The van der Waals surface area contributed by atoms with E-state index in [1.807, 2.05) is 38.1 Å². The molecule has 34 heavy (non-hydrogen) atoms. The number of aliphatic hydroxyl groups excluding tert-OH is 1. The number of anilines is 1. The van der Waals surface area contributed by atoms with Crippen LogP contribution in [0.4, 0.5) is 5.69 Å². The fraction of sp³-hybridized carbons (Fsp3) is 0.462. The van der Waals surface area contributed by atoms with Crippen LogP contribution in [0.3, 0.4) is 0 Å². The molecule has 8 heteroatoms. The van der Waals surface area contributed by atoms with Crippen LogP contribution in [-0.2, 0) is 16.0 Å². The first-order valence-corrected chi connectivity index (χ1v) is 12.0. The van der Waals surface area contributed by atoms with Crippen molar-refractivity contribution in [3.63, 3.8) is 0 Å². The van der Waals surface area contributed by atoms with Crippen LogP contribution >= 0.6 is 0 Å². The van der Waals surface area contributed by atoms with Crippen molar-refractivity contribution in [2.75, 3.05) is 51.3 Å². The maximum absolute atomic E-state index is 13.5. The molecule has 1 saturated heterocycles. The number of morpholine rings is 1. The van der Waals surface area contributed by atoms with Gasteiger partial charge in [0, 0.05) is 55.4 Å². The second-order valence-electron chi connectivity index (χ2n) is 9.45. The van der Waals surface area contributed by atoms with Crippen LogP contribution in [0.2, 0.25) is 0 Å². The summed E-state index contributed by atoms with van der Waals surface area (Å²) in [5, 5.41) is 13.6. The van der Waals surface area contributed by atoms with Crippen molar-refractivity contribution in [3.8, 4) is 0 Å². The molecule has 3 N–H and O–H groups in total. The molecule has 1 aromatic heterocycles. The number of β-amino-alcohol motifs (C(OH)–C–C–N with tert-alkyl or cyclic N) is 1. The number of ether oxygens (including phenoxy) is 1. The Morgan fingerprint density at radius 3 is 2.71 bits per heavy atom. The monoisotopic (exact) mass is 464 g/mol. The zero-order chi connectivity index (χ0) is 23.8. The van der Waals surface area contributed by atoms with Gasteiger partial charge in [0.15, 0.2) is 0 Å². The van der Waals surface area contributed by atoms with Crippen LogP contribution in [0.25, 0.3) is 11.6 Å². The third-order valence-electron chi connectivity index (χ3n) is 7.05. The van der Waals surface area contributed by atoms with Crippen LogP contribution in [0.1, 0.15) is 44.9 Å². The topological polar surface area (TPSA) is 97.9 Å². The predicted octanol–water partition coefficient (Wildman–Crippen LogP) is 2.21. The molecule has 2 aromatic rings. The molecule has 3 aliphatic heterocycles. The average molecular weight is 465 g/mol. The van der Waals surface area contributed by atoms with Crippen LogP contribution in [0.15, 0.2) is 18.2 Å². The second kappa shape index (κ2) is 9.37. The van der Waals surface area contributed by atoms with E-state index >= 15 is 0 Å². The Bertz CT molecular complexity index is 1150. The molecule has 0 bridgehead atoms. The number of aromatic amines is 1. The molecule has 1 aromatic carbocycles. The Morgan fingerprint density at radius 1 is 1.12 bits per heavy atom. The first-order chi connectivity index (χ1) is 16.4. The third kappa shape index (κ3) is 4.29. The molecule has 3 aliphatic rings. The van der Waals surface area contributed by atoms with E-state index in [1.165, 1.54) is 0 Å². The van der Waals surface area contributed by atoms with Crippen LogP contribution in [0, 0.1) is 13.8 Å². The summed E-state index contributed by atoms with van der Waals surface area (Å²) >= 11 is 0. The number of fused-ring (bicyclic) bond motifs is 2. The van der Waals surface area contributed by atoms with Gasteiger partial charge in [-0.15, -0.1) is 0 Å². The van der Waals surface area contributed by atoms with Crippen molar-refractivity contribution in [1.82, 2.24) is 14.8 Å². The van der Waals surface area contributed by atoms with Gasteiger partial charge in [-0.3, -0.25) is 14.5 Å². The molecule has 1 fully saturated rings. The third-order valence-corrected chi connectivity index (χ3v) is 7.05. The molecule has 0 spiro atoms. The number of rotatable bonds is 5. The summed E-state index contributed by atoms with van der Waals surface area (Å²) in [7, 11) is 0. The highest BCUT2D eigenvalue weighted by Crippen LogP contribution is 2.36. The van der Waals surface area contributed by atoms with Gasteiger partial charge >= 0.3 is 0 Å². The molecule has 1 unspecified atom stereocenters. The number of aryl methyl sites for hydroxylation is 2. The van der Waals surface area contributed by atoms with Gasteiger partial charge in [0.05, 0.1) is 30.5 Å². The minimum absolute atomic E-state index is 0.0561. The van der Waals surface area contributed by atoms with Crippen molar-refractivity contribution >= 4 is 29.2 Å². The van der Waals surface area contributed by atoms with Gasteiger partial charge in [0.1, 0.15) is 0 Å². The first kappa shape index (κ1) is 22.8. The summed E-state index contributed by atoms with van der Waals surface area (Å²) in [5.74, 6) is -0.188. The van der Waals surface area contributed by atoms with E-state index in [4.69, 9.17) is 4.74 Å². The number of aliphatic hydroxyl groups is 1. The second-order valence-corrected chi connectivity index (χ2v) is 9.45. The Morgan fingerprint density at radius 2 is 1.91 bits per heavy atom. The van der Waals surface area contributed by atoms with E-state index < -0.39 is 6.10 Å². The lowest BCUT2D eigenvalue weighted by Crippen LogP contribution is -2.46. The fourth-order valence-corrected chi connectivity index (χ4v) is 5.29. The predicted molar refractivity (Wildman–Crippen MR) is 131 cm³/mol. The molecule has 4 heterocycles. The highest BCUT2D eigenvalue weighted by Gasteiger charge is 2.31. The van der Waals surface area contributed by atoms with Gasteiger partial charge in [-0.05, 0) is 50.0 Å². The molecule has 180 valence electrons. The number of nitrogens with one attached hydrogen (secondary N) is 2. The molecule has 0 aliphatic carbocycles. The number of carbonyl (C=O) groups excluding carboxylic acids is 2. The standard InChI is InChI=1S/C26H32N4O4/c1-16-5-3-6-20-23(16)19(25(32)28-20)13-22-17(2)24-21(27-22)7-4-8-30(26(24)33)15-18(31)14-29-9-11-34-12-10-29/h3,5-6,13,18,27,31H,4,7-12,14-15H2,1-2H3,(H,28,32). The fourth-order valence-electron chi connectivity index (χ4n) is 5.29. The van der Waals surface area contributed by atoms with E-state index in [0.29, 0.717) is 44.0 Å². The summed E-state index contributed by atoms with van der Waals surface area (Å²) in [5.41, 5.74) is 6.58. The number of aromatic nitrogens is 1. The smallest absolute Gasteiger partial charge is 0.256 e. The molecular formula is C26H32N4O4. The van der Waals surface area contributed by atoms with Gasteiger partial charge in [-0.1, -0.05) is 12.1 Å². The van der Waals surface area contributed by atoms with Crippen LogP contribution in [-0.4, -0.2) is 83.7 Å². The summed E-state index contributed by atoms with van der Waals surface area (Å²) in [4.78, 5) is 33.6. The van der Waals surface area contributed by atoms with Crippen molar-refractivity contribution < 1.29 is 19.4 Å². The van der Waals surface area contributed by atoms with Crippen LogP contribution in [0.5, 0.6) is 0 Å². The highest BCUT2D eigenvalue weighted by molar-refractivity contribution is 6.35. The highest BCUT2D eigenvalue weighted by atomic mass is 16.5. The number of benzene rings is 1. The lowest BCUT2D eigenvalue weighted by atomic mass is 9.99. The average Bonchev–Trinajstić information content (AvgIpc) is 3.24. The van der Waals surface area contributed by atoms with Gasteiger partial charge < -0.3 is 25.0 Å². The van der Waals surface area contributed by atoms with E-state index in [2.05, 4.69) is 15.2 Å².